The number of azo groups is 1. The largest absolute Gasteiger partial charge is 0.311 e. The minimum Gasteiger partial charge on any atom is -0.311 e. The second kappa shape index (κ2) is 11.9. The van der Waals surface area contributed by atoms with Crippen LogP contribution in [0, 0.1) is 0 Å². The van der Waals surface area contributed by atoms with Gasteiger partial charge in [0.1, 0.15) is 0 Å². The SMILES string of the molecule is c1ccc(N(c2ccccc2)c2ccc(N=Nc3ccc(N(c4ccccc4)c4ccccc4)cc3)cc2)cc1. The molecule has 0 spiro atoms. The Morgan fingerprint density at radius 1 is 0.250 bits per heavy atom. The Labute approximate surface area is 235 Å². The van der Waals surface area contributed by atoms with Gasteiger partial charge < -0.3 is 9.80 Å². The molecule has 6 rings (SSSR count). The van der Waals surface area contributed by atoms with Crippen LogP contribution >= 0.6 is 0 Å². The van der Waals surface area contributed by atoms with Gasteiger partial charge in [-0.1, -0.05) is 72.8 Å². The van der Waals surface area contributed by atoms with E-state index in [1.165, 1.54) is 0 Å². The summed E-state index contributed by atoms with van der Waals surface area (Å²) in [6, 6.07) is 57.8. The van der Waals surface area contributed by atoms with Gasteiger partial charge in [-0.2, -0.15) is 10.2 Å². The molecule has 40 heavy (non-hydrogen) atoms. The minimum atomic E-state index is 0.795. The molecule has 4 heteroatoms. The number of para-hydroxylation sites is 4. The molecule has 0 aliphatic rings. The second-order valence-electron chi connectivity index (χ2n) is 9.25. The van der Waals surface area contributed by atoms with Crippen LogP contribution < -0.4 is 9.80 Å². The molecule has 0 N–H and O–H groups in total. The van der Waals surface area contributed by atoms with Crippen molar-refractivity contribution in [2.45, 2.75) is 0 Å². The normalized spacial score (nSPS) is 10.9. The zero-order valence-corrected chi connectivity index (χ0v) is 22.0. The molecule has 6 aromatic rings. The van der Waals surface area contributed by atoms with E-state index >= 15 is 0 Å². The highest BCUT2D eigenvalue weighted by Crippen LogP contribution is 2.36. The van der Waals surface area contributed by atoms with Crippen molar-refractivity contribution in [3.05, 3.63) is 170 Å². The molecule has 192 valence electrons. The Balaban J connectivity index is 1.22. The van der Waals surface area contributed by atoms with Crippen molar-refractivity contribution in [1.29, 1.82) is 0 Å². The Bertz CT molecular complexity index is 1440. The third-order valence-corrected chi connectivity index (χ3v) is 6.55. The van der Waals surface area contributed by atoms with Crippen molar-refractivity contribution in [3.8, 4) is 0 Å². The number of rotatable bonds is 8. The number of benzene rings is 6. The van der Waals surface area contributed by atoms with E-state index in [1.54, 1.807) is 0 Å². The molecule has 0 unspecified atom stereocenters. The van der Waals surface area contributed by atoms with Crippen molar-refractivity contribution in [3.63, 3.8) is 0 Å². The Kier molecular flexibility index (Phi) is 7.40. The molecule has 0 bridgehead atoms. The predicted octanol–water partition coefficient (Wildman–Crippen LogP) is 11.0. The zero-order chi connectivity index (χ0) is 27.0. The Hall–Kier alpha value is -5.48. The second-order valence-corrected chi connectivity index (χ2v) is 9.25. The van der Waals surface area contributed by atoms with E-state index in [0.29, 0.717) is 0 Å². The average molecular weight is 517 g/mol. The van der Waals surface area contributed by atoms with E-state index in [-0.39, 0.29) is 0 Å². The molecule has 0 aromatic heterocycles. The fourth-order valence-corrected chi connectivity index (χ4v) is 4.65. The number of hydrogen-bond donors (Lipinski definition) is 0. The number of nitrogens with zero attached hydrogens (tertiary/aromatic N) is 4. The van der Waals surface area contributed by atoms with E-state index < -0.39 is 0 Å². The molecule has 0 saturated carbocycles. The summed E-state index contributed by atoms with van der Waals surface area (Å²) >= 11 is 0. The van der Waals surface area contributed by atoms with Gasteiger partial charge >= 0.3 is 0 Å². The maximum atomic E-state index is 4.51. The monoisotopic (exact) mass is 516 g/mol. The zero-order valence-electron chi connectivity index (χ0n) is 22.0. The summed E-state index contributed by atoms with van der Waals surface area (Å²) in [7, 11) is 0. The van der Waals surface area contributed by atoms with E-state index in [1.807, 2.05) is 48.5 Å². The standard InChI is InChI=1S/C36H28N4/c1-5-13-31(14-6-1)39(32-15-7-2-8-16-32)35-25-21-29(22-26-35)37-38-30-23-27-36(28-24-30)40(33-17-9-3-10-18-33)34-19-11-4-12-20-34/h1-28H. The van der Waals surface area contributed by atoms with Crippen molar-refractivity contribution in [2.24, 2.45) is 10.2 Å². The summed E-state index contributed by atoms with van der Waals surface area (Å²) < 4.78 is 0. The van der Waals surface area contributed by atoms with Crippen LogP contribution in [0.2, 0.25) is 0 Å². The van der Waals surface area contributed by atoms with E-state index in [2.05, 4.69) is 141 Å². The fraction of sp³-hybridized carbons (Fsp3) is 0. The first kappa shape index (κ1) is 24.8. The lowest BCUT2D eigenvalue weighted by atomic mass is 10.2. The molecule has 0 radical (unpaired) electrons. The van der Waals surface area contributed by atoms with Crippen LogP contribution in [0.3, 0.4) is 0 Å². The van der Waals surface area contributed by atoms with Gasteiger partial charge in [0, 0.05) is 34.1 Å². The summed E-state index contributed by atoms with van der Waals surface area (Å²) in [6.45, 7) is 0. The van der Waals surface area contributed by atoms with Gasteiger partial charge in [0.05, 0.1) is 11.4 Å². The van der Waals surface area contributed by atoms with Crippen LogP contribution in [0.1, 0.15) is 0 Å². The quantitative estimate of drug-likeness (QED) is 0.188. The maximum absolute atomic E-state index is 4.51. The van der Waals surface area contributed by atoms with Crippen LogP contribution in [0.15, 0.2) is 180 Å². The molecule has 0 fully saturated rings. The molecular weight excluding hydrogens is 488 g/mol. The van der Waals surface area contributed by atoms with Gasteiger partial charge in [-0.05, 0) is 97.1 Å². The Morgan fingerprint density at radius 2 is 0.475 bits per heavy atom. The molecule has 0 saturated heterocycles. The highest BCUT2D eigenvalue weighted by Gasteiger charge is 2.13. The molecule has 0 aliphatic carbocycles. The van der Waals surface area contributed by atoms with Crippen molar-refractivity contribution >= 4 is 45.5 Å². The highest BCUT2D eigenvalue weighted by atomic mass is 15.2. The summed E-state index contributed by atoms with van der Waals surface area (Å²) in [5, 5.41) is 9.01. The fourth-order valence-electron chi connectivity index (χ4n) is 4.65. The number of hydrogen-bond acceptors (Lipinski definition) is 4. The first-order chi connectivity index (χ1) is 19.8. The predicted molar refractivity (Wildman–Crippen MR) is 166 cm³/mol. The molecular formula is C36H28N4. The van der Waals surface area contributed by atoms with Crippen LogP contribution in [-0.2, 0) is 0 Å². The number of anilines is 6. The lowest BCUT2D eigenvalue weighted by Crippen LogP contribution is -2.09. The molecule has 6 aromatic carbocycles. The van der Waals surface area contributed by atoms with Gasteiger partial charge in [-0.15, -0.1) is 0 Å². The van der Waals surface area contributed by atoms with E-state index in [9.17, 15) is 0 Å². The average Bonchev–Trinajstić information content (AvgIpc) is 3.04. The first-order valence-electron chi connectivity index (χ1n) is 13.3. The van der Waals surface area contributed by atoms with E-state index in [4.69, 9.17) is 0 Å². The van der Waals surface area contributed by atoms with Crippen LogP contribution in [0.5, 0.6) is 0 Å². The van der Waals surface area contributed by atoms with Gasteiger partial charge in [-0.25, -0.2) is 0 Å². The third kappa shape index (κ3) is 5.66. The van der Waals surface area contributed by atoms with Gasteiger partial charge in [-0.3, -0.25) is 0 Å². The highest BCUT2D eigenvalue weighted by molar-refractivity contribution is 5.78. The van der Waals surface area contributed by atoms with Gasteiger partial charge in [0.15, 0.2) is 0 Å². The first-order valence-corrected chi connectivity index (χ1v) is 13.3. The van der Waals surface area contributed by atoms with Crippen molar-refractivity contribution < 1.29 is 0 Å². The molecule has 0 atom stereocenters. The molecule has 0 aliphatic heterocycles. The molecule has 0 heterocycles. The molecule has 0 amide bonds. The smallest absolute Gasteiger partial charge is 0.0858 e. The maximum Gasteiger partial charge on any atom is 0.0858 e. The van der Waals surface area contributed by atoms with Crippen LogP contribution in [0.25, 0.3) is 0 Å². The molecule has 4 nitrogen and oxygen atoms in total. The third-order valence-electron chi connectivity index (χ3n) is 6.55. The summed E-state index contributed by atoms with van der Waals surface area (Å²) in [4.78, 5) is 4.45. The van der Waals surface area contributed by atoms with Gasteiger partial charge in [0.25, 0.3) is 0 Å². The van der Waals surface area contributed by atoms with Crippen LogP contribution in [0.4, 0.5) is 45.5 Å². The summed E-state index contributed by atoms with van der Waals surface area (Å²) in [5.74, 6) is 0. The Morgan fingerprint density at radius 3 is 0.725 bits per heavy atom. The van der Waals surface area contributed by atoms with Crippen LogP contribution in [-0.4, -0.2) is 0 Å². The van der Waals surface area contributed by atoms with Crippen molar-refractivity contribution in [2.75, 3.05) is 9.80 Å². The van der Waals surface area contributed by atoms with Crippen molar-refractivity contribution in [1.82, 2.24) is 0 Å². The lowest BCUT2D eigenvalue weighted by molar-refractivity contribution is 1.22. The topological polar surface area (TPSA) is 31.2 Å². The van der Waals surface area contributed by atoms with Gasteiger partial charge in [0.2, 0.25) is 0 Å². The minimum absolute atomic E-state index is 0.795. The lowest BCUT2D eigenvalue weighted by Gasteiger charge is -2.25. The summed E-state index contributed by atoms with van der Waals surface area (Å²) in [5.41, 5.74) is 8.11. The summed E-state index contributed by atoms with van der Waals surface area (Å²) in [6.07, 6.45) is 0. The van der Waals surface area contributed by atoms with E-state index in [0.717, 1.165) is 45.5 Å².